The zero-order valence-corrected chi connectivity index (χ0v) is 11.2. The van der Waals surface area contributed by atoms with Crippen LogP contribution in [0, 0.1) is 0 Å². The van der Waals surface area contributed by atoms with Gasteiger partial charge in [-0.1, -0.05) is 41.6 Å². The average Bonchev–Trinajstić information content (AvgIpc) is 2.52. The van der Waals surface area contributed by atoms with Gasteiger partial charge in [-0.05, 0) is 23.8 Å². The molecular formula is C15H16N4O. The fourth-order valence-corrected chi connectivity index (χ4v) is 1.77. The third-order valence-corrected chi connectivity index (χ3v) is 2.70. The van der Waals surface area contributed by atoms with Crippen LogP contribution in [0.1, 0.15) is 11.1 Å². The van der Waals surface area contributed by atoms with Crippen molar-refractivity contribution in [2.45, 2.75) is 6.61 Å². The maximum absolute atomic E-state index is 5.70. The van der Waals surface area contributed by atoms with Crippen LogP contribution < -0.4 is 10.6 Å². The molecule has 2 aromatic rings. The number of hydrogen-bond acceptors (Lipinski definition) is 3. The Balaban J connectivity index is 2.10. The van der Waals surface area contributed by atoms with Gasteiger partial charge < -0.3 is 10.6 Å². The van der Waals surface area contributed by atoms with Gasteiger partial charge in [-0.2, -0.15) is 0 Å². The molecule has 5 heteroatoms. The van der Waals surface area contributed by atoms with Crippen molar-refractivity contribution < 1.29 is 4.74 Å². The van der Waals surface area contributed by atoms with Crippen LogP contribution in [0.25, 0.3) is 0 Å². The van der Waals surface area contributed by atoms with Gasteiger partial charge >= 0.3 is 0 Å². The highest BCUT2D eigenvalue weighted by Crippen LogP contribution is 2.13. The van der Waals surface area contributed by atoms with E-state index in [9.17, 15) is 0 Å². The van der Waals surface area contributed by atoms with Gasteiger partial charge in [0.1, 0.15) is 12.4 Å². The van der Waals surface area contributed by atoms with Crippen molar-refractivity contribution >= 4 is 5.84 Å². The van der Waals surface area contributed by atoms with Gasteiger partial charge in [0.25, 0.3) is 0 Å². The van der Waals surface area contributed by atoms with E-state index in [1.807, 2.05) is 54.6 Å². The number of benzene rings is 2. The Labute approximate surface area is 117 Å². The predicted octanol–water partition coefficient (Wildman–Crippen LogP) is 2.97. The molecule has 0 bridgehead atoms. The lowest BCUT2D eigenvalue weighted by atomic mass is 10.1. The van der Waals surface area contributed by atoms with E-state index >= 15 is 0 Å². The largest absolute Gasteiger partial charge is 0.489 e. The average molecular weight is 268 g/mol. The number of hydrogen-bond donors (Lipinski definition) is 1. The topological polar surface area (TPSA) is 72.3 Å². The van der Waals surface area contributed by atoms with E-state index in [1.54, 1.807) is 7.05 Å². The van der Waals surface area contributed by atoms with Crippen LogP contribution in [0.15, 0.2) is 69.9 Å². The van der Waals surface area contributed by atoms with Crippen LogP contribution >= 0.6 is 0 Å². The second kappa shape index (κ2) is 7.04. The molecule has 20 heavy (non-hydrogen) atoms. The monoisotopic (exact) mass is 268 g/mol. The van der Waals surface area contributed by atoms with Crippen LogP contribution in [-0.4, -0.2) is 12.9 Å². The summed E-state index contributed by atoms with van der Waals surface area (Å²) in [6.45, 7) is 0.481. The number of ether oxygens (including phenoxy) is 1. The van der Waals surface area contributed by atoms with Crippen LogP contribution in [-0.2, 0) is 6.61 Å². The first kappa shape index (κ1) is 13.7. The molecule has 0 saturated carbocycles. The highest BCUT2D eigenvalue weighted by atomic mass is 16.5. The van der Waals surface area contributed by atoms with Crippen LogP contribution in [0.2, 0.25) is 0 Å². The molecular weight excluding hydrogens is 252 g/mol. The van der Waals surface area contributed by atoms with E-state index < -0.39 is 0 Å². The lowest BCUT2D eigenvalue weighted by Gasteiger charge is -2.07. The summed E-state index contributed by atoms with van der Waals surface area (Å²) in [6, 6.07) is 17.5. The molecule has 0 radical (unpaired) electrons. The predicted molar refractivity (Wildman–Crippen MR) is 78.7 cm³/mol. The minimum atomic E-state index is 0.481. The van der Waals surface area contributed by atoms with Crippen LogP contribution in [0.4, 0.5) is 0 Å². The first-order valence-corrected chi connectivity index (χ1v) is 6.18. The van der Waals surface area contributed by atoms with Gasteiger partial charge in [-0.25, -0.2) is 0 Å². The van der Waals surface area contributed by atoms with Gasteiger partial charge in [0.15, 0.2) is 5.84 Å². The van der Waals surface area contributed by atoms with Crippen LogP contribution in [0.5, 0.6) is 5.75 Å². The summed E-state index contributed by atoms with van der Waals surface area (Å²) in [7, 11) is 1.65. The molecule has 0 aromatic heterocycles. The molecule has 0 saturated heterocycles. The van der Waals surface area contributed by atoms with Gasteiger partial charge in [0.2, 0.25) is 0 Å². The van der Waals surface area contributed by atoms with Gasteiger partial charge in [0, 0.05) is 12.6 Å². The number of rotatable bonds is 4. The molecule has 5 nitrogen and oxygen atoms in total. The summed E-state index contributed by atoms with van der Waals surface area (Å²) >= 11 is 0. The van der Waals surface area contributed by atoms with Crippen LogP contribution in [0.3, 0.4) is 0 Å². The van der Waals surface area contributed by atoms with Crippen molar-refractivity contribution in [1.29, 1.82) is 0 Å². The number of nitrogens with two attached hydrogens (primary N) is 1. The first-order valence-electron chi connectivity index (χ1n) is 6.18. The SMILES string of the molecule is CN=C(N=NN)c1cccc(COc2ccccc2)c1. The lowest BCUT2D eigenvalue weighted by molar-refractivity contribution is 0.306. The number of amidine groups is 1. The van der Waals surface area contributed by atoms with Gasteiger partial charge in [-0.3, -0.25) is 4.99 Å². The summed E-state index contributed by atoms with van der Waals surface area (Å²) in [5, 5.41) is 7.05. The Hall–Kier alpha value is -2.69. The highest BCUT2D eigenvalue weighted by molar-refractivity contribution is 5.99. The molecule has 0 heterocycles. The molecule has 0 atom stereocenters. The standard InChI is InChI=1S/C15H16N4O/c1-17-15(18-19-16)13-7-5-6-12(10-13)11-20-14-8-3-2-4-9-14/h2-10H,11H2,1H3,(H2,16,17,18). The third kappa shape index (κ3) is 3.65. The second-order valence-electron chi connectivity index (χ2n) is 4.06. The molecule has 0 aliphatic carbocycles. The van der Waals surface area contributed by atoms with E-state index in [2.05, 4.69) is 15.3 Å². The first-order chi connectivity index (χ1) is 9.83. The normalized spacial score (nSPS) is 11.8. The van der Waals surface area contributed by atoms with E-state index in [0.717, 1.165) is 16.9 Å². The Bertz CT molecular complexity index is 608. The minimum absolute atomic E-state index is 0.481. The number of aliphatic imine (C=N–C) groups is 1. The van der Waals surface area contributed by atoms with E-state index in [0.29, 0.717) is 12.4 Å². The van der Waals surface area contributed by atoms with E-state index in [4.69, 9.17) is 10.6 Å². The Morgan fingerprint density at radius 1 is 1.10 bits per heavy atom. The molecule has 0 amide bonds. The highest BCUT2D eigenvalue weighted by Gasteiger charge is 2.03. The van der Waals surface area contributed by atoms with Crippen molar-refractivity contribution in [3.05, 3.63) is 65.7 Å². The molecule has 0 fully saturated rings. The quantitative estimate of drug-likeness (QED) is 0.304. The zero-order chi connectivity index (χ0) is 14.2. The molecule has 0 unspecified atom stereocenters. The molecule has 2 aromatic carbocycles. The van der Waals surface area contributed by atoms with E-state index in [-0.39, 0.29) is 0 Å². The Morgan fingerprint density at radius 2 is 1.90 bits per heavy atom. The van der Waals surface area contributed by atoms with Crippen molar-refractivity contribution in [1.82, 2.24) is 0 Å². The smallest absolute Gasteiger partial charge is 0.178 e. The summed E-state index contributed by atoms with van der Waals surface area (Å²) in [5.74, 6) is 6.40. The van der Waals surface area contributed by atoms with E-state index in [1.165, 1.54) is 0 Å². The van der Waals surface area contributed by atoms with Crippen molar-refractivity contribution in [3.8, 4) is 5.75 Å². The minimum Gasteiger partial charge on any atom is -0.489 e. The summed E-state index contributed by atoms with van der Waals surface area (Å²) in [5.41, 5.74) is 1.88. The summed E-state index contributed by atoms with van der Waals surface area (Å²) in [4.78, 5) is 4.04. The lowest BCUT2D eigenvalue weighted by Crippen LogP contribution is -2.01. The summed E-state index contributed by atoms with van der Waals surface area (Å²) in [6.07, 6.45) is 0. The molecule has 2 N–H and O–H groups in total. The van der Waals surface area contributed by atoms with Gasteiger partial charge in [0.05, 0.1) is 0 Å². The number of nitrogens with zero attached hydrogens (tertiary/aromatic N) is 3. The fraction of sp³-hybridized carbons (Fsp3) is 0.133. The summed E-state index contributed by atoms with van der Waals surface area (Å²) < 4.78 is 5.70. The molecule has 2 rings (SSSR count). The van der Waals surface area contributed by atoms with Gasteiger partial charge in [-0.15, -0.1) is 5.11 Å². The maximum atomic E-state index is 5.70. The fourth-order valence-electron chi connectivity index (χ4n) is 1.77. The van der Waals surface area contributed by atoms with Crippen molar-refractivity contribution in [2.75, 3.05) is 7.05 Å². The molecule has 0 aliphatic rings. The third-order valence-electron chi connectivity index (χ3n) is 2.70. The number of para-hydroxylation sites is 1. The Morgan fingerprint density at radius 3 is 2.60 bits per heavy atom. The molecule has 102 valence electrons. The molecule has 0 aliphatic heterocycles. The Kier molecular flexibility index (Phi) is 4.83. The van der Waals surface area contributed by atoms with Crippen molar-refractivity contribution in [2.24, 2.45) is 21.2 Å². The van der Waals surface area contributed by atoms with Crippen molar-refractivity contribution in [3.63, 3.8) is 0 Å². The maximum Gasteiger partial charge on any atom is 0.178 e. The second-order valence-corrected chi connectivity index (χ2v) is 4.06. The molecule has 0 spiro atoms. The zero-order valence-electron chi connectivity index (χ0n) is 11.2.